The first-order valence-corrected chi connectivity index (χ1v) is 9.04. The third-order valence-corrected chi connectivity index (χ3v) is 4.07. The number of aliphatic imine (C=N–C) groups is 1. The van der Waals surface area contributed by atoms with Crippen molar-refractivity contribution in [3.8, 4) is 12.3 Å². The predicted octanol–water partition coefficient (Wildman–Crippen LogP) is 3.45. The largest absolute Gasteiger partial charge is 0.422 e. The van der Waals surface area contributed by atoms with Gasteiger partial charge in [0.25, 0.3) is 5.89 Å². The maximum Gasteiger partial charge on any atom is 0.416 e. The minimum atomic E-state index is -4.38. The lowest BCUT2D eigenvalue weighted by molar-refractivity contribution is -0.137. The van der Waals surface area contributed by atoms with Gasteiger partial charge < -0.3 is 15.1 Å². The minimum Gasteiger partial charge on any atom is -0.422 e. The molecular weight excluding hydrogens is 411 g/mol. The Labute approximate surface area is 177 Å². The molecule has 0 radical (unpaired) electrons. The highest BCUT2D eigenvalue weighted by molar-refractivity contribution is 6.11. The van der Waals surface area contributed by atoms with Crippen molar-refractivity contribution in [3.63, 3.8) is 0 Å². The van der Waals surface area contributed by atoms with Gasteiger partial charge in [-0.1, -0.05) is 18.6 Å². The second-order valence-electron chi connectivity index (χ2n) is 6.13. The molecule has 3 rings (SSSR count). The van der Waals surface area contributed by atoms with Gasteiger partial charge in [-0.25, -0.2) is 0 Å². The van der Waals surface area contributed by atoms with Gasteiger partial charge >= 0.3 is 6.18 Å². The number of hydrogen-bond donors (Lipinski definition) is 2. The Morgan fingerprint density at radius 3 is 2.55 bits per heavy atom. The van der Waals surface area contributed by atoms with Crippen LogP contribution in [0.5, 0.6) is 0 Å². The van der Waals surface area contributed by atoms with E-state index in [1.807, 2.05) is 0 Å². The molecule has 162 valence electrons. The fourth-order valence-corrected chi connectivity index (χ4v) is 2.56. The van der Waals surface area contributed by atoms with E-state index in [1.54, 1.807) is 6.08 Å². The average Bonchev–Trinajstić information content (AvgIpc) is 3.41. The lowest BCUT2D eigenvalue weighted by Gasteiger charge is -2.12. The normalized spacial score (nSPS) is 16.6. The molecule has 0 saturated carbocycles. The van der Waals surface area contributed by atoms with Gasteiger partial charge in [-0.05, 0) is 36.8 Å². The molecule has 0 aliphatic carbocycles. The molecular formula is C21H20F3N5O2. The number of rotatable bonds is 5. The third-order valence-electron chi connectivity index (χ3n) is 4.07. The number of nitrogens with zero attached hydrogens (tertiary/aromatic N) is 3. The van der Waals surface area contributed by atoms with E-state index in [9.17, 15) is 18.0 Å². The number of hydrogen-bond acceptors (Lipinski definition) is 6. The van der Waals surface area contributed by atoms with Crippen molar-refractivity contribution in [2.45, 2.75) is 12.6 Å². The van der Waals surface area contributed by atoms with E-state index in [4.69, 9.17) is 10.8 Å². The highest BCUT2D eigenvalue weighted by Crippen LogP contribution is 2.30. The molecule has 7 nitrogen and oxygen atoms in total. The van der Waals surface area contributed by atoms with Gasteiger partial charge in [-0.15, -0.1) is 16.6 Å². The number of carbonyl (C=O) groups excluding carboxylic acids is 1. The number of benzene rings is 1. The van der Waals surface area contributed by atoms with E-state index in [2.05, 4.69) is 38.3 Å². The molecule has 2 aromatic rings. The summed E-state index contributed by atoms with van der Waals surface area (Å²) < 4.78 is 42.8. The summed E-state index contributed by atoms with van der Waals surface area (Å²) in [5, 5.41) is 12.9. The monoisotopic (exact) mass is 431 g/mol. The van der Waals surface area contributed by atoms with Crippen LogP contribution < -0.4 is 10.6 Å². The minimum absolute atomic E-state index is 0.00694. The smallest absolute Gasteiger partial charge is 0.416 e. The lowest BCUT2D eigenvalue weighted by atomic mass is 10.1. The fraction of sp³-hybridized carbons (Fsp3) is 0.238. The Morgan fingerprint density at radius 1 is 1.42 bits per heavy atom. The summed E-state index contributed by atoms with van der Waals surface area (Å²) in [5.74, 6) is 2.43. The summed E-state index contributed by atoms with van der Waals surface area (Å²) in [7, 11) is 1.53. The average molecular weight is 431 g/mol. The van der Waals surface area contributed by atoms with Crippen LogP contribution in [0.15, 0.2) is 64.5 Å². The van der Waals surface area contributed by atoms with Crippen molar-refractivity contribution in [2.75, 3.05) is 18.9 Å². The van der Waals surface area contributed by atoms with Gasteiger partial charge in [0.1, 0.15) is 11.6 Å². The summed E-state index contributed by atoms with van der Waals surface area (Å²) >= 11 is 0. The molecule has 31 heavy (non-hydrogen) atoms. The Morgan fingerprint density at radius 2 is 2.13 bits per heavy atom. The van der Waals surface area contributed by atoms with Crippen molar-refractivity contribution in [3.05, 3.63) is 66.5 Å². The zero-order valence-corrected chi connectivity index (χ0v) is 16.6. The molecule has 1 unspecified atom stereocenters. The summed E-state index contributed by atoms with van der Waals surface area (Å²) in [5.41, 5.74) is 0.555. The molecule has 1 saturated heterocycles. The number of terminal acetylenes is 1. The van der Waals surface area contributed by atoms with E-state index in [-0.39, 0.29) is 17.7 Å². The van der Waals surface area contributed by atoms with Crippen LogP contribution in [0.4, 0.5) is 18.9 Å². The Kier molecular flexibility index (Phi) is 8.14. The first-order chi connectivity index (χ1) is 14.8. The van der Waals surface area contributed by atoms with Gasteiger partial charge in [0.15, 0.2) is 0 Å². The molecule has 1 amide bonds. The van der Waals surface area contributed by atoms with Crippen LogP contribution in [-0.4, -0.2) is 35.4 Å². The molecule has 1 atom stereocenters. The van der Waals surface area contributed by atoms with E-state index in [0.717, 1.165) is 31.5 Å². The van der Waals surface area contributed by atoms with Crippen LogP contribution in [0.2, 0.25) is 0 Å². The number of carbonyl (C=O) groups is 1. The molecule has 2 heterocycles. The number of amides is 1. The van der Waals surface area contributed by atoms with E-state index in [0.29, 0.717) is 17.1 Å². The van der Waals surface area contributed by atoms with E-state index < -0.39 is 11.7 Å². The number of alkyl halides is 3. The van der Waals surface area contributed by atoms with Gasteiger partial charge in [0.05, 0.1) is 11.3 Å². The predicted molar refractivity (Wildman–Crippen MR) is 110 cm³/mol. The van der Waals surface area contributed by atoms with Crippen molar-refractivity contribution in [1.29, 1.82) is 0 Å². The second-order valence-corrected chi connectivity index (χ2v) is 6.13. The summed E-state index contributed by atoms with van der Waals surface area (Å²) in [4.78, 5) is 14.6. The number of aromatic nitrogens is 2. The molecule has 1 fully saturated rings. The van der Waals surface area contributed by atoms with Gasteiger partial charge in [0, 0.05) is 19.3 Å². The zero-order valence-electron chi connectivity index (χ0n) is 16.6. The maximum absolute atomic E-state index is 12.6. The van der Waals surface area contributed by atoms with Crippen LogP contribution in [0, 0.1) is 18.3 Å². The maximum atomic E-state index is 12.6. The highest BCUT2D eigenvalue weighted by Gasteiger charge is 2.30. The van der Waals surface area contributed by atoms with Crippen LogP contribution in [0.3, 0.4) is 0 Å². The van der Waals surface area contributed by atoms with Gasteiger partial charge in [-0.3, -0.25) is 9.79 Å². The van der Waals surface area contributed by atoms with Crippen molar-refractivity contribution in [2.24, 2.45) is 10.9 Å². The molecule has 0 bridgehead atoms. The quantitative estimate of drug-likeness (QED) is 0.430. The van der Waals surface area contributed by atoms with Gasteiger partial charge in [0.2, 0.25) is 12.3 Å². The van der Waals surface area contributed by atoms with Crippen molar-refractivity contribution < 1.29 is 22.4 Å². The Bertz CT molecular complexity index is 988. The fourth-order valence-electron chi connectivity index (χ4n) is 2.56. The third kappa shape index (κ3) is 6.57. The molecule has 0 spiro atoms. The van der Waals surface area contributed by atoms with E-state index in [1.165, 1.54) is 25.3 Å². The molecule has 2 N–H and O–H groups in total. The van der Waals surface area contributed by atoms with E-state index >= 15 is 0 Å². The Balaban J connectivity index is 0.000000357. The Hall–Kier alpha value is -3.87. The van der Waals surface area contributed by atoms with Crippen LogP contribution in [-0.2, 0) is 11.0 Å². The summed E-state index contributed by atoms with van der Waals surface area (Å²) in [6, 6.07) is 4.62. The van der Waals surface area contributed by atoms with Crippen molar-refractivity contribution in [1.82, 2.24) is 15.5 Å². The number of allylic oxidation sites excluding steroid dienone is 3. The first-order valence-electron chi connectivity index (χ1n) is 9.04. The number of nitrogens with one attached hydrogen (secondary N) is 2. The summed E-state index contributed by atoms with van der Waals surface area (Å²) in [6.07, 6.45) is 5.70. The van der Waals surface area contributed by atoms with Crippen LogP contribution in [0.25, 0.3) is 0 Å². The SMILES string of the molecule is C#CC1CCNC1=O.C=C/C=C(/Nc1ccc(C(F)(F)F)cc1)C(=NC)c1nnco1. The molecule has 10 heteroatoms. The molecule has 1 aromatic heterocycles. The number of halogens is 3. The zero-order chi connectivity index (χ0) is 22.9. The topological polar surface area (TPSA) is 92.4 Å². The molecule has 1 aromatic carbocycles. The highest BCUT2D eigenvalue weighted by atomic mass is 19.4. The molecule has 1 aliphatic heterocycles. The number of anilines is 1. The standard InChI is InChI=1S/C15H13F3N4O.C6H7NO/c1-3-4-12(13(19-2)14-22-20-9-23-14)21-11-7-5-10(6-8-11)15(16,17)18;1-2-5-3-4-7-6(5)8/h3-9,21H,1H2,2H3;1,5H,3-4H2,(H,7,8)/b12-4+,19-13?;. The second kappa shape index (κ2) is 10.8. The van der Waals surface area contributed by atoms with Crippen LogP contribution in [0.1, 0.15) is 17.9 Å². The van der Waals surface area contributed by atoms with Crippen LogP contribution >= 0.6 is 0 Å². The van der Waals surface area contributed by atoms with Gasteiger partial charge in [-0.2, -0.15) is 13.2 Å². The lowest BCUT2D eigenvalue weighted by Crippen LogP contribution is -2.17. The first kappa shape index (κ1) is 23.4. The van der Waals surface area contributed by atoms with Crippen molar-refractivity contribution >= 4 is 17.3 Å². The molecule has 1 aliphatic rings. The summed E-state index contributed by atoms with van der Waals surface area (Å²) in [6.45, 7) is 4.34.